The molecular weight excluding hydrogens is 1000 g/mol. The highest BCUT2D eigenvalue weighted by atomic mass is 127. The van der Waals surface area contributed by atoms with Gasteiger partial charge in [0.05, 0.1) is 59.7 Å². The first-order chi connectivity index (χ1) is 33.0. The molecule has 0 radical (unpaired) electrons. The van der Waals surface area contributed by atoms with Crippen molar-refractivity contribution in [1.82, 2.24) is 35.5 Å². The lowest BCUT2D eigenvalue weighted by Gasteiger charge is -2.30. The molecule has 2 unspecified atom stereocenters. The van der Waals surface area contributed by atoms with Crippen molar-refractivity contribution in [3.8, 4) is 0 Å². The fourth-order valence-corrected chi connectivity index (χ4v) is 10.5. The highest BCUT2D eigenvalue weighted by Gasteiger charge is 2.45. The summed E-state index contributed by atoms with van der Waals surface area (Å²) in [5.74, 6) is -10.2. The van der Waals surface area contributed by atoms with E-state index in [2.05, 4.69) is 76.3 Å². The van der Waals surface area contributed by atoms with Gasteiger partial charge in [-0.05, 0) is 95.8 Å². The van der Waals surface area contributed by atoms with Gasteiger partial charge in [0.2, 0.25) is 11.8 Å². The maximum Gasteiger partial charge on any atom is 0.321 e. The number of carbonyl (C=O) groups is 4. The Morgan fingerprint density at radius 2 is 1.13 bits per heavy atom. The molecule has 4 aliphatic rings. The average Bonchev–Trinajstić information content (AvgIpc) is 4.13. The van der Waals surface area contributed by atoms with Crippen LogP contribution in [0.15, 0.2) is 109 Å². The second-order valence-electron chi connectivity index (χ2n) is 18.6. The second kappa shape index (κ2) is 21.4. The number of nitrogens with one attached hydrogen (secondary N) is 3. The van der Waals surface area contributed by atoms with Gasteiger partial charge < -0.3 is 20.9 Å². The monoisotopic (exact) mass is 1060 g/mol. The summed E-state index contributed by atoms with van der Waals surface area (Å²) in [6.45, 7) is 1.09. The Balaban J connectivity index is 0.000000154. The molecule has 0 spiro atoms. The number of amides is 4. The van der Waals surface area contributed by atoms with Gasteiger partial charge in [-0.15, -0.1) is 0 Å². The zero-order valence-electron chi connectivity index (χ0n) is 38.6. The zero-order chi connectivity index (χ0) is 48.9. The van der Waals surface area contributed by atoms with Crippen LogP contribution in [0.3, 0.4) is 0 Å². The van der Waals surface area contributed by atoms with Crippen LogP contribution >= 0.6 is 22.6 Å². The lowest BCUT2D eigenvalue weighted by molar-refractivity contribution is -0.144. The number of hydrogen-bond acceptors (Lipinski definition) is 6. The Morgan fingerprint density at radius 3 is 1.67 bits per heavy atom. The zero-order valence-corrected chi connectivity index (χ0v) is 40.8. The smallest absolute Gasteiger partial charge is 0.321 e. The number of aromatic nitrogens is 4. The highest BCUT2D eigenvalue weighted by molar-refractivity contribution is 14.1. The van der Waals surface area contributed by atoms with Gasteiger partial charge in [0.1, 0.15) is 0 Å². The van der Waals surface area contributed by atoms with E-state index in [4.69, 9.17) is 0 Å². The van der Waals surface area contributed by atoms with Crippen LogP contribution in [-0.2, 0) is 19.2 Å². The summed E-state index contributed by atoms with van der Waals surface area (Å²) in [6, 6.07) is 29.1. The molecule has 2 aliphatic heterocycles. The average molecular weight is 1060 g/mol. The first-order valence-corrected chi connectivity index (χ1v) is 24.8. The summed E-state index contributed by atoms with van der Waals surface area (Å²) in [7, 11) is 0. The number of nitrogens with zero attached hydrogens (tertiary/aromatic N) is 5. The fraction of sp³-hybridized carbons (Fsp3) is 0.423. The Morgan fingerprint density at radius 1 is 0.638 bits per heavy atom. The summed E-state index contributed by atoms with van der Waals surface area (Å²) < 4.78 is 58.6. The van der Waals surface area contributed by atoms with Crippen molar-refractivity contribution >= 4 is 73.7 Å². The summed E-state index contributed by atoms with van der Waals surface area (Å²) in [5, 5.41) is 18.7. The molecule has 4 aromatic carbocycles. The molecule has 10 rings (SSSR count). The van der Waals surface area contributed by atoms with Crippen molar-refractivity contribution in [1.29, 1.82) is 0 Å². The molecule has 364 valence electrons. The number of alkyl halides is 4. The lowest BCUT2D eigenvalue weighted by atomic mass is 9.95. The molecule has 2 saturated heterocycles. The van der Waals surface area contributed by atoms with Crippen LogP contribution in [0.1, 0.15) is 126 Å². The fourth-order valence-electron chi connectivity index (χ4n) is 10.00. The predicted octanol–water partition coefficient (Wildman–Crippen LogP) is 10.7. The third-order valence-electron chi connectivity index (χ3n) is 13.4. The molecule has 17 heteroatoms. The molecule has 2 aromatic heterocycles. The van der Waals surface area contributed by atoms with Crippen molar-refractivity contribution in [2.24, 2.45) is 0 Å². The minimum atomic E-state index is -3.52. The van der Waals surface area contributed by atoms with E-state index in [0.29, 0.717) is 31.6 Å². The number of carbonyl (C=O) groups excluding carboxylic acids is 4. The van der Waals surface area contributed by atoms with Crippen molar-refractivity contribution in [3.63, 3.8) is 0 Å². The SMILES string of the molecule is CC(F)(F)C(=O)N[C@H]1CC(=O)N(c2ccc3c(cnn3C3CCCCC3)c2)C1c1ccccc1.CC(F)(F)C(=O)N[C@H]1CC(=O)NC1c1ccccc1.Ic1ccc2c(cnn2C2CCCCC2)c1. The predicted molar refractivity (Wildman–Crippen MR) is 265 cm³/mol. The molecule has 2 saturated carbocycles. The second-order valence-corrected chi connectivity index (χ2v) is 19.9. The normalized spacial score (nSPS) is 21.3. The van der Waals surface area contributed by atoms with Gasteiger partial charge in [-0.1, -0.05) is 99.2 Å². The minimum Gasteiger partial charge on any atom is -0.347 e. The third kappa shape index (κ3) is 11.8. The van der Waals surface area contributed by atoms with E-state index in [1.165, 1.54) is 65.8 Å². The molecule has 12 nitrogen and oxygen atoms in total. The van der Waals surface area contributed by atoms with Gasteiger partial charge in [-0.2, -0.15) is 27.8 Å². The quantitative estimate of drug-likeness (QED) is 0.0972. The maximum absolute atomic E-state index is 13.6. The minimum absolute atomic E-state index is 0.00137. The van der Waals surface area contributed by atoms with Crippen LogP contribution in [0.5, 0.6) is 0 Å². The summed E-state index contributed by atoms with van der Waals surface area (Å²) in [4.78, 5) is 49.6. The van der Waals surface area contributed by atoms with Crippen molar-refractivity contribution in [2.45, 2.75) is 139 Å². The molecule has 4 heterocycles. The standard InChI is InChI=1S/C26H28F2N4O2.C13H14F2N2O2.C13H15IN2/c1-26(27,28)25(34)30-21-15-23(33)31(24(21)17-8-4-2-5-9-17)20-12-13-22-18(14-20)16-29-32(22)19-10-6-3-7-11-19;1-13(14,15)12(19)16-9-7-10(18)17-11(9)8-5-3-2-4-6-8;14-11-6-7-13-10(8-11)9-15-16(13)12-4-2-1-3-5-12/h2,4-5,8-9,12-14,16,19,21,24H,3,6-7,10-11,15H2,1H3,(H,30,34);2-6,9,11H,7H2,1H3,(H,16,19)(H,17,18);6-9,12H,1-5H2/t21-,24?;9-,11?;/m00./s1. The van der Waals surface area contributed by atoms with Crippen LogP contribution in [0, 0.1) is 3.57 Å². The summed E-state index contributed by atoms with van der Waals surface area (Å²) in [6.07, 6.45) is 16.4. The Bertz CT molecular complexity index is 2750. The van der Waals surface area contributed by atoms with Crippen LogP contribution in [0.2, 0.25) is 0 Å². The van der Waals surface area contributed by atoms with Gasteiger partial charge in [0.25, 0.3) is 11.8 Å². The van der Waals surface area contributed by atoms with E-state index >= 15 is 0 Å². The molecule has 4 amide bonds. The maximum atomic E-state index is 13.6. The third-order valence-corrected chi connectivity index (χ3v) is 14.1. The Kier molecular flexibility index (Phi) is 15.4. The molecule has 6 aromatic rings. The van der Waals surface area contributed by atoms with E-state index in [-0.39, 0.29) is 24.7 Å². The lowest BCUT2D eigenvalue weighted by Crippen LogP contribution is -2.46. The van der Waals surface area contributed by atoms with Crippen molar-refractivity contribution in [3.05, 3.63) is 124 Å². The van der Waals surface area contributed by atoms with Crippen molar-refractivity contribution in [2.75, 3.05) is 4.90 Å². The number of fused-ring (bicyclic) bond motifs is 2. The van der Waals surface area contributed by atoms with Crippen LogP contribution in [-0.4, -0.2) is 67.1 Å². The van der Waals surface area contributed by atoms with Gasteiger partial charge >= 0.3 is 11.8 Å². The van der Waals surface area contributed by atoms with Crippen LogP contribution < -0.4 is 20.9 Å². The van der Waals surface area contributed by atoms with Gasteiger partial charge in [-0.3, -0.25) is 28.5 Å². The van der Waals surface area contributed by atoms with E-state index in [9.17, 15) is 36.7 Å². The molecule has 4 atom stereocenters. The van der Waals surface area contributed by atoms with E-state index in [0.717, 1.165) is 34.9 Å². The van der Waals surface area contributed by atoms with E-state index in [1.807, 2.05) is 67.0 Å². The number of halogens is 5. The molecule has 3 N–H and O–H groups in total. The molecular formula is C52H57F4IN8O4. The molecule has 0 bridgehead atoms. The molecule has 4 fully saturated rings. The largest absolute Gasteiger partial charge is 0.347 e. The molecule has 2 aliphatic carbocycles. The van der Waals surface area contributed by atoms with E-state index in [1.54, 1.807) is 29.2 Å². The summed E-state index contributed by atoms with van der Waals surface area (Å²) in [5.41, 5.74) is 4.53. The number of rotatable bonds is 9. The number of anilines is 1. The van der Waals surface area contributed by atoms with Crippen LogP contribution in [0.4, 0.5) is 23.2 Å². The van der Waals surface area contributed by atoms with Gasteiger partial charge in [0.15, 0.2) is 0 Å². The number of benzene rings is 4. The molecule has 69 heavy (non-hydrogen) atoms. The Hall–Kier alpha value is -5.85. The topological polar surface area (TPSA) is 143 Å². The van der Waals surface area contributed by atoms with Gasteiger partial charge in [0, 0.05) is 46.7 Å². The van der Waals surface area contributed by atoms with Crippen LogP contribution in [0.25, 0.3) is 21.8 Å². The summed E-state index contributed by atoms with van der Waals surface area (Å²) >= 11 is 2.35. The number of hydrogen-bond donors (Lipinski definition) is 3. The van der Waals surface area contributed by atoms with Crippen molar-refractivity contribution < 1.29 is 36.7 Å². The van der Waals surface area contributed by atoms with E-state index < -0.39 is 47.8 Å². The highest BCUT2D eigenvalue weighted by Crippen LogP contribution is 2.40. The first kappa shape index (κ1) is 49.6. The first-order valence-electron chi connectivity index (χ1n) is 23.7. The Labute approximate surface area is 412 Å². The van der Waals surface area contributed by atoms with Gasteiger partial charge in [-0.25, -0.2) is 0 Å².